The van der Waals surface area contributed by atoms with Crippen molar-refractivity contribution in [3.63, 3.8) is 0 Å². The molecule has 2 aromatic carbocycles. The lowest BCUT2D eigenvalue weighted by Gasteiger charge is -2.19. The van der Waals surface area contributed by atoms with Gasteiger partial charge >= 0.3 is 0 Å². The number of sulfonamides is 1. The number of nitrogens with one attached hydrogen (secondary N) is 1. The van der Waals surface area contributed by atoms with Crippen LogP contribution in [-0.4, -0.2) is 13.3 Å². The number of hydrogen-bond acceptors (Lipinski definition) is 4. The molecule has 0 radical (unpaired) electrons. The summed E-state index contributed by atoms with van der Waals surface area (Å²) in [5.74, 6) is 0. The van der Waals surface area contributed by atoms with Crippen LogP contribution in [0.15, 0.2) is 71.6 Å². The molecule has 0 fully saturated rings. The van der Waals surface area contributed by atoms with Crippen molar-refractivity contribution in [1.29, 1.82) is 0 Å². The fraction of sp³-hybridized carbons (Fsp3) is 0.125. The first-order valence-corrected chi connectivity index (χ1v) is 8.27. The zero-order valence-electron chi connectivity index (χ0n) is 12.5. The van der Waals surface area contributed by atoms with Gasteiger partial charge in [0.1, 0.15) is 0 Å². The second-order valence-electron chi connectivity index (χ2n) is 5.06. The lowest BCUT2D eigenvalue weighted by Crippen LogP contribution is -2.29. The number of nitro groups is 1. The zero-order valence-corrected chi connectivity index (χ0v) is 13.3. The standard InChI is InChI=1S/C16H16N2O4S/c1-12(2)16(13-6-4-3-5-7-13)17-23(21,22)15-10-8-14(9-11-15)18(19)20/h3-11,16-17H,1H2,2H3/t16-/m1/s1. The largest absolute Gasteiger partial charge is 0.269 e. The van der Waals surface area contributed by atoms with E-state index in [2.05, 4.69) is 11.3 Å². The summed E-state index contributed by atoms with van der Waals surface area (Å²) in [5.41, 5.74) is 1.25. The molecule has 0 aromatic heterocycles. The molecule has 0 spiro atoms. The SMILES string of the molecule is C=C(C)[C@@H](NS(=O)(=O)c1ccc([N+](=O)[O-])cc1)c1ccccc1. The molecule has 1 N–H and O–H groups in total. The first-order chi connectivity index (χ1) is 10.8. The Kier molecular flexibility index (Phi) is 4.92. The second-order valence-corrected chi connectivity index (χ2v) is 6.78. The normalized spacial score (nSPS) is 12.6. The molecule has 0 bridgehead atoms. The molecule has 120 valence electrons. The van der Waals surface area contributed by atoms with Gasteiger partial charge in [0.25, 0.3) is 5.69 Å². The minimum atomic E-state index is -3.83. The Balaban J connectivity index is 2.31. The summed E-state index contributed by atoms with van der Waals surface area (Å²) in [4.78, 5) is 10.0. The Morgan fingerprint density at radius 3 is 2.17 bits per heavy atom. The topological polar surface area (TPSA) is 89.3 Å². The lowest BCUT2D eigenvalue weighted by molar-refractivity contribution is -0.384. The van der Waals surface area contributed by atoms with Gasteiger partial charge in [-0.25, -0.2) is 8.42 Å². The molecular weight excluding hydrogens is 316 g/mol. The number of benzene rings is 2. The van der Waals surface area contributed by atoms with Gasteiger partial charge in [-0.1, -0.05) is 42.5 Å². The highest BCUT2D eigenvalue weighted by atomic mass is 32.2. The molecular formula is C16H16N2O4S. The van der Waals surface area contributed by atoms with Gasteiger partial charge in [0.15, 0.2) is 0 Å². The number of hydrogen-bond donors (Lipinski definition) is 1. The predicted octanol–water partition coefficient (Wildman–Crippen LogP) is 3.19. The van der Waals surface area contributed by atoms with Crippen molar-refractivity contribution in [3.8, 4) is 0 Å². The molecule has 2 rings (SSSR count). The van der Waals surface area contributed by atoms with Crippen molar-refractivity contribution in [1.82, 2.24) is 4.72 Å². The summed E-state index contributed by atoms with van der Waals surface area (Å²) in [6, 6.07) is 13.2. The first kappa shape index (κ1) is 16.9. The van der Waals surface area contributed by atoms with Crippen LogP contribution in [0, 0.1) is 10.1 Å². The number of nitrogens with zero attached hydrogens (tertiary/aromatic N) is 1. The predicted molar refractivity (Wildman–Crippen MR) is 87.4 cm³/mol. The average Bonchev–Trinajstić information content (AvgIpc) is 2.53. The Morgan fingerprint density at radius 1 is 1.13 bits per heavy atom. The molecule has 6 nitrogen and oxygen atoms in total. The first-order valence-electron chi connectivity index (χ1n) is 6.78. The highest BCUT2D eigenvalue weighted by molar-refractivity contribution is 7.89. The van der Waals surface area contributed by atoms with Gasteiger partial charge in [0, 0.05) is 12.1 Å². The van der Waals surface area contributed by atoms with E-state index < -0.39 is 21.0 Å². The molecule has 0 amide bonds. The molecule has 0 aliphatic carbocycles. The maximum Gasteiger partial charge on any atom is 0.269 e. The summed E-state index contributed by atoms with van der Waals surface area (Å²) < 4.78 is 27.5. The van der Waals surface area contributed by atoms with Crippen LogP contribution in [0.3, 0.4) is 0 Å². The molecule has 0 saturated heterocycles. The van der Waals surface area contributed by atoms with Crippen molar-refractivity contribution in [2.45, 2.75) is 17.9 Å². The van der Waals surface area contributed by atoms with E-state index in [0.717, 1.165) is 17.7 Å². The third-order valence-corrected chi connectivity index (χ3v) is 4.70. The minimum absolute atomic E-state index is 0.0368. The molecule has 0 aliphatic rings. The van der Waals surface area contributed by atoms with Gasteiger partial charge in [-0.3, -0.25) is 10.1 Å². The van der Waals surface area contributed by atoms with Crippen LogP contribution in [-0.2, 0) is 10.0 Å². The van der Waals surface area contributed by atoms with Gasteiger partial charge in [0.2, 0.25) is 10.0 Å². The highest BCUT2D eigenvalue weighted by Gasteiger charge is 2.22. The Hall–Kier alpha value is -2.51. The Labute approximate surface area is 134 Å². The van der Waals surface area contributed by atoms with E-state index in [1.54, 1.807) is 19.1 Å². The number of nitro benzene ring substituents is 1. The average molecular weight is 332 g/mol. The van der Waals surface area contributed by atoms with E-state index in [9.17, 15) is 18.5 Å². The van der Waals surface area contributed by atoms with Crippen LogP contribution in [0.1, 0.15) is 18.5 Å². The molecule has 7 heteroatoms. The zero-order chi connectivity index (χ0) is 17.0. The minimum Gasteiger partial charge on any atom is -0.258 e. The fourth-order valence-corrected chi connectivity index (χ4v) is 3.35. The third-order valence-electron chi connectivity index (χ3n) is 3.26. The van der Waals surface area contributed by atoms with Crippen LogP contribution in [0.5, 0.6) is 0 Å². The molecule has 2 aromatic rings. The maximum absolute atomic E-state index is 12.5. The summed E-state index contributed by atoms with van der Waals surface area (Å²) in [5, 5.41) is 10.6. The maximum atomic E-state index is 12.5. The van der Waals surface area contributed by atoms with Crippen molar-refractivity contribution >= 4 is 15.7 Å². The Morgan fingerprint density at radius 2 is 1.70 bits per heavy atom. The summed E-state index contributed by atoms with van der Waals surface area (Å²) >= 11 is 0. The number of non-ortho nitro benzene ring substituents is 1. The van der Waals surface area contributed by atoms with Gasteiger partial charge < -0.3 is 0 Å². The third kappa shape index (κ3) is 4.02. The monoisotopic (exact) mass is 332 g/mol. The van der Waals surface area contributed by atoms with Crippen molar-refractivity contribution in [2.24, 2.45) is 0 Å². The van der Waals surface area contributed by atoms with Crippen LogP contribution in [0.25, 0.3) is 0 Å². The van der Waals surface area contributed by atoms with E-state index in [1.165, 1.54) is 12.1 Å². The van der Waals surface area contributed by atoms with E-state index in [0.29, 0.717) is 5.57 Å². The van der Waals surface area contributed by atoms with E-state index in [-0.39, 0.29) is 10.6 Å². The van der Waals surface area contributed by atoms with E-state index >= 15 is 0 Å². The lowest BCUT2D eigenvalue weighted by atomic mass is 10.0. The quantitative estimate of drug-likeness (QED) is 0.500. The molecule has 1 atom stereocenters. The van der Waals surface area contributed by atoms with Gasteiger partial charge in [-0.15, -0.1) is 0 Å². The van der Waals surface area contributed by atoms with Crippen molar-refractivity contribution in [2.75, 3.05) is 0 Å². The van der Waals surface area contributed by atoms with Crippen LogP contribution < -0.4 is 4.72 Å². The fourth-order valence-electron chi connectivity index (χ4n) is 2.07. The van der Waals surface area contributed by atoms with Gasteiger partial charge in [-0.05, 0) is 24.6 Å². The van der Waals surface area contributed by atoms with Crippen molar-refractivity contribution in [3.05, 3.63) is 82.4 Å². The second kappa shape index (κ2) is 6.72. The number of rotatable bonds is 6. The molecule has 0 saturated carbocycles. The molecule has 0 unspecified atom stereocenters. The van der Waals surface area contributed by atoms with Crippen LogP contribution >= 0.6 is 0 Å². The summed E-state index contributed by atoms with van der Waals surface area (Å²) in [7, 11) is -3.83. The summed E-state index contributed by atoms with van der Waals surface area (Å²) in [6.45, 7) is 5.56. The van der Waals surface area contributed by atoms with E-state index in [4.69, 9.17) is 0 Å². The van der Waals surface area contributed by atoms with Gasteiger partial charge in [-0.2, -0.15) is 4.72 Å². The van der Waals surface area contributed by atoms with Crippen LogP contribution in [0.2, 0.25) is 0 Å². The Bertz CT molecular complexity index is 815. The smallest absolute Gasteiger partial charge is 0.258 e. The molecule has 23 heavy (non-hydrogen) atoms. The molecule has 0 aliphatic heterocycles. The molecule has 0 heterocycles. The van der Waals surface area contributed by atoms with Crippen LogP contribution in [0.4, 0.5) is 5.69 Å². The highest BCUT2D eigenvalue weighted by Crippen LogP contribution is 2.23. The van der Waals surface area contributed by atoms with E-state index in [1.807, 2.05) is 18.2 Å². The van der Waals surface area contributed by atoms with Gasteiger partial charge in [0.05, 0.1) is 15.9 Å². The summed E-state index contributed by atoms with van der Waals surface area (Å²) in [6.07, 6.45) is 0. The van der Waals surface area contributed by atoms with Crippen molar-refractivity contribution < 1.29 is 13.3 Å².